The highest BCUT2D eigenvalue weighted by molar-refractivity contribution is 7.11. The molecule has 0 aliphatic rings. The molecule has 0 unspecified atom stereocenters. The van der Waals surface area contributed by atoms with Crippen LogP contribution in [-0.4, -0.2) is 11.1 Å². The predicted octanol–water partition coefficient (Wildman–Crippen LogP) is 4.64. The highest BCUT2D eigenvalue weighted by Crippen LogP contribution is 2.31. The molecule has 0 spiro atoms. The third-order valence-electron chi connectivity index (χ3n) is 2.83. The fraction of sp³-hybridized carbons (Fsp3) is 0.188. The van der Waals surface area contributed by atoms with E-state index < -0.39 is 5.97 Å². The molecule has 0 aliphatic carbocycles. The number of para-hydroxylation sites is 1. The van der Waals surface area contributed by atoms with Gasteiger partial charge < -0.3 is 9.84 Å². The molecule has 2 rings (SSSR count). The first-order chi connectivity index (χ1) is 10.1. The Balaban J connectivity index is 2.16. The molecule has 1 aromatic heterocycles. The largest absolute Gasteiger partial charge is 0.486 e. The van der Waals surface area contributed by atoms with E-state index in [4.69, 9.17) is 21.4 Å². The maximum atomic E-state index is 10.6. The van der Waals surface area contributed by atoms with Gasteiger partial charge in [-0.1, -0.05) is 30.7 Å². The molecule has 0 amide bonds. The predicted molar refractivity (Wildman–Crippen MR) is 86.2 cm³/mol. The fourth-order valence-electron chi connectivity index (χ4n) is 1.80. The van der Waals surface area contributed by atoms with Crippen LogP contribution in [-0.2, 0) is 17.8 Å². The molecule has 1 N–H and O–H groups in total. The molecule has 1 aromatic carbocycles. The van der Waals surface area contributed by atoms with Crippen LogP contribution >= 0.6 is 22.9 Å². The number of benzene rings is 1. The molecule has 3 nitrogen and oxygen atoms in total. The molecule has 1 heterocycles. The maximum absolute atomic E-state index is 10.6. The normalized spacial score (nSPS) is 11.0. The number of aliphatic carboxylic acids is 1. The van der Waals surface area contributed by atoms with E-state index >= 15 is 0 Å². The van der Waals surface area contributed by atoms with Crippen LogP contribution in [0.2, 0.25) is 5.02 Å². The molecule has 2 aromatic rings. The van der Waals surface area contributed by atoms with Crippen molar-refractivity contribution in [2.24, 2.45) is 0 Å². The first kappa shape index (κ1) is 15.6. The Bertz CT molecular complexity index is 661. The maximum Gasteiger partial charge on any atom is 0.328 e. The number of ether oxygens (including phenoxy) is 1. The van der Waals surface area contributed by atoms with E-state index in [9.17, 15) is 4.79 Å². The zero-order chi connectivity index (χ0) is 15.2. The second-order valence-corrected chi connectivity index (χ2v) is 6.00. The lowest BCUT2D eigenvalue weighted by Crippen LogP contribution is -1.96. The molecule has 21 heavy (non-hydrogen) atoms. The van der Waals surface area contributed by atoms with Gasteiger partial charge in [-0.15, -0.1) is 11.3 Å². The molecule has 0 bridgehead atoms. The summed E-state index contributed by atoms with van der Waals surface area (Å²) >= 11 is 7.84. The topological polar surface area (TPSA) is 46.5 Å². The summed E-state index contributed by atoms with van der Waals surface area (Å²) in [5.74, 6) is -0.505. The molecular formula is C16H15ClO3S. The van der Waals surface area contributed by atoms with E-state index in [2.05, 4.69) is 13.0 Å². The average molecular weight is 323 g/mol. The number of aryl methyl sites for hydroxylation is 1. The summed E-state index contributed by atoms with van der Waals surface area (Å²) in [4.78, 5) is 13.0. The van der Waals surface area contributed by atoms with E-state index in [1.54, 1.807) is 29.5 Å². The van der Waals surface area contributed by atoms with E-state index in [1.165, 1.54) is 11.0 Å². The van der Waals surface area contributed by atoms with E-state index in [0.29, 0.717) is 22.9 Å². The zero-order valence-electron chi connectivity index (χ0n) is 11.5. The Hall–Kier alpha value is -1.78. The molecule has 5 heteroatoms. The fourth-order valence-corrected chi connectivity index (χ4v) is 2.91. The SMILES string of the molecule is CCc1ccc(COc2c(Cl)cccc2/C=C/C(=O)O)s1. The number of carbonyl (C=O) groups is 1. The minimum absolute atomic E-state index is 0.419. The lowest BCUT2D eigenvalue weighted by molar-refractivity contribution is -0.131. The summed E-state index contributed by atoms with van der Waals surface area (Å²) in [6.45, 7) is 2.53. The van der Waals surface area contributed by atoms with E-state index in [0.717, 1.165) is 17.4 Å². The first-order valence-corrected chi connectivity index (χ1v) is 7.69. The lowest BCUT2D eigenvalue weighted by Gasteiger charge is -2.10. The van der Waals surface area contributed by atoms with E-state index in [1.807, 2.05) is 6.07 Å². The quantitative estimate of drug-likeness (QED) is 0.788. The van der Waals surface area contributed by atoms with Crippen LogP contribution in [0.3, 0.4) is 0 Å². The number of rotatable bonds is 6. The van der Waals surface area contributed by atoms with Crippen molar-refractivity contribution in [2.75, 3.05) is 0 Å². The van der Waals surface area contributed by atoms with Gasteiger partial charge >= 0.3 is 5.97 Å². The van der Waals surface area contributed by atoms with Crippen LogP contribution in [0.1, 0.15) is 22.2 Å². The number of thiophene rings is 1. The monoisotopic (exact) mass is 322 g/mol. The minimum atomic E-state index is -1.01. The van der Waals surface area contributed by atoms with Gasteiger partial charge in [0, 0.05) is 21.4 Å². The molecule has 0 radical (unpaired) electrons. The number of halogens is 1. The molecule has 0 fully saturated rings. The molecule has 0 atom stereocenters. The van der Waals surface area contributed by atoms with Crippen LogP contribution in [0.5, 0.6) is 5.75 Å². The third-order valence-corrected chi connectivity index (χ3v) is 4.33. The zero-order valence-corrected chi connectivity index (χ0v) is 13.1. The Labute approximate surface area is 132 Å². The van der Waals surface area contributed by atoms with Gasteiger partial charge in [0.15, 0.2) is 0 Å². The second kappa shape index (κ2) is 7.29. The molecule has 0 aliphatic heterocycles. The van der Waals surface area contributed by atoms with Gasteiger partial charge in [-0.2, -0.15) is 0 Å². The Morgan fingerprint density at radius 2 is 2.10 bits per heavy atom. The minimum Gasteiger partial charge on any atom is -0.486 e. The van der Waals surface area contributed by atoms with Gasteiger partial charge in [-0.3, -0.25) is 0 Å². The van der Waals surface area contributed by atoms with Crippen LogP contribution < -0.4 is 4.74 Å². The highest BCUT2D eigenvalue weighted by atomic mass is 35.5. The summed E-state index contributed by atoms with van der Waals surface area (Å²) < 4.78 is 5.78. The van der Waals surface area contributed by atoms with Crippen LogP contribution in [0, 0.1) is 0 Å². The van der Waals surface area contributed by atoms with Gasteiger partial charge in [0.25, 0.3) is 0 Å². The summed E-state index contributed by atoms with van der Waals surface area (Å²) in [7, 11) is 0. The van der Waals surface area contributed by atoms with Crippen molar-refractivity contribution in [2.45, 2.75) is 20.0 Å². The van der Waals surface area contributed by atoms with Crippen LogP contribution in [0.15, 0.2) is 36.4 Å². The average Bonchev–Trinajstić information content (AvgIpc) is 2.92. The summed E-state index contributed by atoms with van der Waals surface area (Å²) in [6, 6.07) is 9.37. The summed E-state index contributed by atoms with van der Waals surface area (Å²) in [6.07, 6.45) is 3.55. The lowest BCUT2D eigenvalue weighted by atomic mass is 10.2. The van der Waals surface area contributed by atoms with Crippen molar-refractivity contribution in [3.8, 4) is 5.75 Å². The first-order valence-electron chi connectivity index (χ1n) is 6.50. The van der Waals surface area contributed by atoms with Gasteiger partial charge in [-0.05, 0) is 30.7 Å². The molecule has 0 saturated carbocycles. The summed E-state index contributed by atoms with van der Waals surface area (Å²) in [5, 5.41) is 9.18. The second-order valence-electron chi connectivity index (χ2n) is 4.34. The highest BCUT2D eigenvalue weighted by Gasteiger charge is 2.08. The number of carboxylic acids is 1. The van der Waals surface area contributed by atoms with Crippen molar-refractivity contribution in [1.82, 2.24) is 0 Å². The summed E-state index contributed by atoms with van der Waals surface area (Å²) in [5.41, 5.74) is 0.650. The molecule has 0 saturated heterocycles. The Kier molecular flexibility index (Phi) is 5.42. The number of hydrogen-bond donors (Lipinski definition) is 1. The van der Waals surface area contributed by atoms with Crippen molar-refractivity contribution in [3.05, 3.63) is 56.7 Å². The van der Waals surface area contributed by atoms with Gasteiger partial charge in [0.2, 0.25) is 0 Å². The van der Waals surface area contributed by atoms with Crippen LogP contribution in [0.4, 0.5) is 0 Å². The van der Waals surface area contributed by atoms with Crippen molar-refractivity contribution in [1.29, 1.82) is 0 Å². The van der Waals surface area contributed by atoms with E-state index in [-0.39, 0.29) is 0 Å². The Morgan fingerprint density at radius 3 is 2.76 bits per heavy atom. The standard InChI is InChI=1S/C16H15ClO3S/c1-2-12-7-8-13(21-12)10-20-16-11(6-9-15(18)19)4-3-5-14(16)17/h3-9H,2,10H2,1H3,(H,18,19)/b9-6+. The van der Waals surface area contributed by atoms with Gasteiger partial charge in [0.1, 0.15) is 12.4 Å². The van der Waals surface area contributed by atoms with Crippen molar-refractivity contribution >= 4 is 35.0 Å². The molecule has 110 valence electrons. The number of carboxylic acid groups (broad SMARTS) is 1. The molecular weight excluding hydrogens is 308 g/mol. The third kappa shape index (κ3) is 4.34. The smallest absolute Gasteiger partial charge is 0.328 e. The van der Waals surface area contributed by atoms with Gasteiger partial charge in [0.05, 0.1) is 5.02 Å². The Morgan fingerprint density at radius 1 is 1.33 bits per heavy atom. The van der Waals surface area contributed by atoms with Crippen LogP contribution in [0.25, 0.3) is 6.08 Å². The van der Waals surface area contributed by atoms with Crippen molar-refractivity contribution < 1.29 is 14.6 Å². The van der Waals surface area contributed by atoms with Crippen molar-refractivity contribution in [3.63, 3.8) is 0 Å². The number of hydrogen-bond acceptors (Lipinski definition) is 3. The van der Waals surface area contributed by atoms with Gasteiger partial charge in [-0.25, -0.2) is 4.79 Å².